The molecule has 2 rings (SSSR count). The fourth-order valence-electron chi connectivity index (χ4n) is 1.83. The topological polar surface area (TPSA) is 90.4 Å². The van der Waals surface area contributed by atoms with E-state index in [-0.39, 0.29) is 16.4 Å². The number of hydrogen-bond acceptors (Lipinski definition) is 6. The zero-order valence-electron chi connectivity index (χ0n) is 11.8. The summed E-state index contributed by atoms with van der Waals surface area (Å²) in [5.41, 5.74) is 0.731. The molecule has 0 aliphatic heterocycles. The van der Waals surface area contributed by atoms with Crippen LogP contribution >= 0.6 is 0 Å². The van der Waals surface area contributed by atoms with Gasteiger partial charge >= 0.3 is 0 Å². The monoisotopic (exact) mass is 341 g/mol. The second-order valence-electron chi connectivity index (χ2n) is 4.66. The molecule has 0 saturated heterocycles. The lowest BCUT2D eigenvalue weighted by Gasteiger charge is -2.09. The quantitative estimate of drug-likeness (QED) is 0.789. The first-order chi connectivity index (χ1) is 10.3. The number of hydrogen-bond donors (Lipinski definition) is 0. The fraction of sp³-hybridized carbons (Fsp3) is 0.214. The van der Waals surface area contributed by atoms with E-state index in [9.17, 15) is 16.8 Å². The molecule has 0 aliphatic rings. The van der Waals surface area contributed by atoms with Crippen molar-refractivity contribution in [1.82, 2.24) is 4.98 Å². The summed E-state index contributed by atoms with van der Waals surface area (Å²) in [6.45, 7) is 0.0775. The molecule has 0 atom stereocenters. The van der Waals surface area contributed by atoms with Crippen LogP contribution in [0.5, 0.6) is 0 Å². The minimum Gasteiger partial charge on any atom is -0.360 e. The van der Waals surface area contributed by atoms with Gasteiger partial charge in [-0.1, -0.05) is 18.2 Å². The SMILES string of the molecule is CS(=O)(=O)c1ccccc1S(=O)(=O)COCc1cccnc1. The van der Waals surface area contributed by atoms with Gasteiger partial charge in [0.15, 0.2) is 15.8 Å². The smallest absolute Gasteiger partial charge is 0.203 e. The second kappa shape index (κ2) is 6.55. The summed E-state index contributed by atoms with van der Waals surface area (Å²) in [5, 5.41) is 0. The van der Waals surface area contributed by atoms with Crippen molar-refractivity contribution in [3.05, 3.63) is 54.4 Å². The van der Waals surface area contributed by atoms with Crippen LogP contribution in [0.1, 0.15) is 5.56 Å². The molecule has 0 bridgehead atoms. The summed E-state index contributed by atoms with van der Waals surface area (Å²) in [6.07, 6.45) is 4.14. The van der Waals surface area contributed by atoms with Crippen molar-refractivity contribution in [3.8, 4) is 0 Å². The van der Waals surface area contributed by atoms with Gasteiger partial charge in [-0.15, -0.1) is 0 Å². The van der Waals surface area contributed by atoms with Crippen LogP contribution in [-0.2, 0) is 31.0 Å². The first-order valence-electron chi connectivity index (χ1n) is 6.29. The Morgan fingerprint density at radius 3 is 2.27 bits per heavy atom. The molecular weight excluding hydrogens is 326 g/mol. The average Bonchev–Trinajstić information content (AvgIpc) is 2.47. The highest BCUT2D eigenvalue weighted by Gasteiger charge is 2.23. The predicted molar refractivity (Wildman–Crippen MR) is 80.6 cm³/mol. The van der Waals surface area contributed by atoms with Gasteiger partial charge < -0.3 is 4.74 Å². The molecule has 0 aliphatic carbocycles. The highest BCUT2D eigenvalue weighted by Crippen LogP contribution is 2.22. The van der Waals surface area contributed by atoms with Gasteiger partial charge in [0.1, 0.15) is 0 Å². The third kappa shape index (κ3) is 4.12. The van der Waals surface area contributed by atoms with E-state index in [1.165, 1.54) is 24.3 Å². The molecule has 8 heteroatoms. The Morgan fingerprint density at radius 1 is 1.00 bits per heavy atom. The lowest BCUT2D eigenvalue weighted by molar-refractivity contribution is 0.162. The third-order valence-corrected chi connectivity index (χ3v) is 5.60. The van der Waals surface area contributed by atoms with E-state index in [4.69, 9.17) is 4.74 Å². The molecule has 0 fully saturated rings. The molecule has 1 aromatic heterocycles. The van der Waals surface area contributed by atoms with Crippen LogP contribution in [0.3, 0.4) is 0 Å². The van der Waals surface area contributed by atoms with Crippen molar-refractivity contribution < 1.29 is 21.6 Å². The van der Waals surface area contributed by atoms with Crippen LogP contribution in [-0.4, -0.2) is 34.0 Å². The summed E-state index contributed by atoms with van der Waals surface area (Å²) in [6, 6.07) is 8.95. The largest absolute Gasteiger partial charge is 0.360 e. The molecule has 22 heavy (non-hydrogen) atoms. The minimum absolute atomic E-state index is 0.0775. The van der Waals surface area contributed by atoms with E-state index in [1.54, 1.807) is 24.5 Å². The minimum atomic E-state index is -3.87. The van der Waals surface area contributed by atoms with Crippen molar-refractivity contribution in [2.24, 2.45) is 0 Å². The van der Waals surface area contributed by atoms with Crippen LogP contribution in [0.4, 0.5) is 0 Å². The Balaban J connectivity index is 2.18. The maximum absolute atomic E-state index is 12.3. The van der Waals surface area contributed by atoms with E-state index < -0.39 is 25.6 Å². The predicted octanol–water partition coefficient (Wildman–Crippen LogP) is 1.43. The molecule has 0 spiro atoms. The number of aromatic nitrogens is 1. The van der Waals surface area contributed by atoms with Crippen molar-refractivity contribution in [3.63, 3.8) is 0 Å². The Morgan fingerprint density at radius 2 is 1.68 bits per heavy atom. The molecule has 1 heterocycles. The van der Waals surface area contributed by atoms with Gasteiger partial charge in [-0.25, -0.2) is 16.8 Å². The standard InChI is InChI=1S/C14H15NO5S2/c1-21(16,17)13-6-2-3-7-14(13)22(18,19)11-20-10-12-5-4-8-15-9-12/h2-9H,10-11H2,1H3. The van der Waals surface area contributed by atoms with Gasteiger partial charge in [0.05, 0.1) is 16.4 Å². The van der Waals surface area contributed by atoms with E-state index in [2.05, 4.69) is 4.98 Å². The molecule has 118 valence electrons. The Kier molecular flexibility index (Phi) is 4.94. The van der Waals surface area contributed by atoms with Crippen LogP contribution in [0, 0.1) is 0 Å². The summed E-state index contributed by atoms with van der Waals surface area (Å²) in [5.74, 6) is -0.603. The van der Waals surface area contributed by atoms with Crippen molar-refractivity contribution in [1.29, 1.82) is 0 Å². The van der Waals surface area contributed by atoms with E-state index in [1.807, 2.05) is 0 Å². The van der Waals surface area contributed by atoms with Crippen LogP contribution in [0.25, 0.3) is 0 Å². The molecule has 0 radical (unpaired) electrons. The van der Waals surface area contributed by atoms with Crippen molar-refractivity contribution in [2.75, 3.05) is 12.2 Å². The van der Waals surface area contributed by atoms with Crippen LogP contribution in [0.15, 0.2) is 58.6 Å². The van der Waals surface area contributed by atoms with E-state index >= 15 is 0 Å². The number of rotatable bonds is 6. The van der Waals surface area contributed by atoms with Gasteiger partial charge in [0, 0.05) is 18.6 Å². The summed E-state index contributed by atoms with van der Waals surface area (Å²) in [4.78, 5) is 3.43. The Hall–Kier alpha value is -1.77. The Labute approximate surface area is 129 Å². The number of nitrogens with zero attached hydrogens (tertiary/aromatic N) is 1. The van der Waals surface area contributed by atoms with Crippen molar-refractivity contribution in [2.45, 2.75) is 16.4 Å². The molecule has 0 saturated carbocycles. The molecule has 1 aromatic carbocycles. The highest BCUT2D eigenvalue weighted by atomic mass is 32.2. The van der Waals surface area contributed by atoms with Crippen molar-refractivity contribution >= 4 is 19.7 Å². The molecule has 0 unspecified atom stereocenters. The zero-order valence-corrected chi connectivity index (χ0v) is 13.5. The number of benzene rings is 1. The van der Waals surface area contributed by atoms with Gasteiger partial charge in [-0.2, -0.15) is 0 Å². The lowest BCUT2D eigenvalue weighted by Crippen LogP contribution is -2.14. The maximum Gasteiger partial charge on any atom is 0.203 e. The van der Waals surface area contributed by atoms with Crippen LogP contribution < -0.4 is 0 Å². The first-order valence-corrected chi connectivity index (χ1v) is 9.83. The lowest BCUT2D eigenvalue weighted by atomic mass is 10.3. The average molecular weight is 341 g/mol. The molecular formula is C14H15NO5S2. The van der Waals surface area contributed by atoms with Gasteiger partial charge in [-0.3, -0.25) is 4.98 Å². The number of pyridine rings is 1. The Bertz CT molecular complexity index is 846. The molecule has 6 nitrogen and oxygen atoms in total. The third-order valence-electron chi connectivity index (χ3n) is 2.81. The summed E-state index contributed by atoms with van der Waals surface area (Å²) >= 11 is 0. The molecule has 2 aromatic rings. The van der Waals surface area contributed by atoms with Gasteiger partial charge in [0.25, 0.3) is 0 Å². The highest BCUT2D eigenvalue weighted by molar-refractivity contribution is 7.94. The first kappa shape index (κ1) is 16.6. The van der Waals surface area contributed by atoms with E-state index in [0.29, 0.717) is 0 Å². The maximum atomic E-state index is 12.3. The number of ether oxygens (including phenoxy) is 1. The summed E-state index contributed by atoms with van der Waals surface area (Å²) in [7, 11) is -7.50. The van der Waals surface area contributed by atoms with Crippen LogP contribution in [0.2, 0.25) is 0 Å². The zero-order chi connectivity index (χ0) is 16.2. The summed E-state index contributed by atoms with van der Waals surface area (Å²) < 4.78 is 53.1. The van der Waals surface area contributed by atoms with E-state index in [0.717, 1.165) is 11.8 Å². The fourth-order valence-corrected chi connectivity index (χ4v) is 4.51. The second-order valence-corrected chi connectivity index (χ2v) is 8.55. The van der Waals surface area contributed by atoms with Gasteiger partial charge in [-0.05, 0) is 23.8 Å². The number of sulfone groups is 2. The molecule has 0 N–H and O–H groups in total. The normalized spacial score (nSPS) is 12.2. The van der Waals surface area contributed by atoms with Gasteiger partial charge in [0.2, 0.25) is 9.84 Å². The molecule has 0 amide bonds.